The van der Waals surface area contributed by atoms with E-state index >= 15 is 0 Å². The van der Waals surface area contributed by atoms with Gasteiger partial charge in [-0.25, -0.2) is 0 Å². The Hall–Kier alpha value is -2.51. The quantitative estimate of drug-likeness (QED) is 0.567. The molecule has 28 heavy (non-hydrogen) atoms. The number of amides is 1. The van der Waals surface area contributed by atoms with E-state index in [1.54, 1.807) is 6.07 Å². The Morgan fingerprint density at radius 1 is 1.18 bits per heavy atom. The Labute approximate surface area is 173 Å². The summed E-state index contributed by atoms with van der Waals surface area (Å²) in [4.78, 5) is 12.3. The highest BCUT2D eigenvalue weighted by molar-refractivity contribution is 7.99. The maximum Gasteiger partial charge on any atom is 0.234 e. The van der Waals surface area contributed by atoms with Gasteiger partial charge in [-0.1, -0.05) is 29.4 Å². The van der Waals surface area contributed by atoms with E-state index in [2.05, 4.69) is 15.5 Å². The lowest BCUT2D eigenvalue weighted by molar-refractivity contribution is -0.113. The first-order valence-electron chi connectivity index (χ1n) is 8.82. The van der Waals surface area contributed by atoms with Gasteiger partial charge in [0.1, 0.15) is 11.6 Å². The van der Waals surface area contributed by atoms with Crippen molar-refractivity contribution < 1.29 is 9.53 Å². The Kier molecular flexibility index (Phi) is 6.59. The number of carbonyl (C=O) groups is 1. The van der Waals surface area contributed by atoms with E-state index in [4.69, 9.17) is 16.3 Å². The van der Waals surface area contributed by atoms with Gasteiger partial charge in [0, 0.05) is 16.4 Å². The number of carbonyl (C=O) groups excluding carboxylic acids is 1. The van der Waals surface area contributed by atoms with Crippen molar-refractivity contribution in [1.29, 1.82) is 0 Å². The summed E-state index contributed by atoms with van der Waals surface area (Å²) in [6.45, 7) is 6.36. The molecular formula is C20H21ClN4O2S. The van der Waals surface area contributed by atoms with Gasteiger partial charge in [0.15, 0.2) is 5.16 Å². The zero-order valence-corrected chi connectivity index (χ0v) is 17.5. The summed E-state index contributed by atoms with van der Waals surface area (Å²) < 4.78 is 7.40. The van der Waals surface area contributed by atoms with Gasteiger partial charge < -0.3 is 10.1 Å². The largest absolute Gasteiger partial charge is 0.494 e. The SMILES string of the molecule is CCOc1ccc(-n2c(C)nnc2SCC(=O)Nc2ccc(C)c(Cl)c2)cc1. The second-order valence-corrected chi connectivity index (χ2v) is 7.44. The molecule has 0 aliphatic carbocycles. The molecule has 0 saturated carbocycles. The normalized spacial score (nSPS) is 10.7. The lowest BCUT2D eigenvalue weighted by Gasteiger charge is -2.10. The van der Waals surface area contributed by atoms with Crippen molar-refractivity contribution >= 4 is 35.0 Å². The molecule has 146 valence electrons. The molecule has 0 radical (unpaired) electrons. The average Bonchev–Trinajstić information content (AvgIpc) is 3.04. The zero-order valence-electron chi connectivity index (χ0n) is 15.9. The minimum atomic E-state index is -0.135. The molecule has 0 fully saturated rings. The molecule has 0 aliphatic heterocycles. The van der Waals surface area contributed by atoms with Crippen molar-refractivity contribution in [3.63, 3.8) is 0 Å². The van der Waals surface area contributed by atoms with Gasteiger partial charge in [-0.2, -0.15) is 0 Å². The predicted molar refractivity (Wildman–Crippen MR) is 113 cm³/mol. The molecule has 1 heterocycles. The van der Waals surface area contributed by atoms with Gasteiger partial charge in [0.2, 0.25) is 5.91 Å². The summed E-state index contributed by atoms with van der Waals surface area (Å²) >= 11 is 7.43. The first-order chi connectivity index (χ1) is 13.5. The monoisotopic (exact) mass is 416 g/mol. The second-order valence-electron chi connectivity index (χ2n) is 6.09. The number of hydrogen-bond acceptors (Lipinski definition) is 5. The van der Waals surface area contributed by atoms with Crippen LogP contribution in [0.1, 0.15) is 18.3 Å². The molecule has 0 unspecified atom stereocenters. The van der Waals surface area contributed by atoms with Gasteiger partial charge in [-0.05, 0) is 62.7 Å². The van der Waals surface area contributed by atoms with Gasteiger partial charge >= 0.3 is 0 Å². The lowest BCUT2D eigenvalue weighted by Crippen LogP contribution is -2.14. The number of hydrogen-bond donors (Lipinski definition) is 1. The number of nitrogens with zero attached hydrogens (tertiary/aromatic N) is 3. The number of thioether (sulfide) groups is 1. The Balaban J connectivity index is 1.68. The third-order valence-corrected chi connectivity index (χ3v) is 5.33. The molecule has 1 aromatic heterocycles. The molecule has 6 nitrogen and oxygen atoms in total. The van der Waals surface area contributed by atoms with E-state index in [1.165, 1.54) is 11.8 Å². The topological polar surface area (TPSA) is 69.0 Å². The van der Waals surface area contributed by atoms with Crippen LogP contribution in [0.5, 0.6) is 5.75 Å². The smallest absolute Gasteiger partial charge is 0.234 e. The fraction of sp³-hybridized carbons (Fsp3) is 0.250. The maximum atomic E-state index is 12.3. The summed E-state index contributed by atoms with van der Waals surface area (Å²) in [6.07, 6.45) is 0. The molecule has 1 amide bonds. The second kappa shape index (κ2) is 9.12. The van der Waals surface area contributed by atoms with Crippen LogP contribution in [-0.2, 0) is 4.79 Å². The van der Waals surface area contributed by atoms with Crippen LogP contribution in [0, 0.1) is 13.8 Å². The van der Waals surface area contributed by atoms with E-state index < -0.39 is 0 Å². The Bertz CT molecular complexity index is 973. The molecule has 0 aliphatic rings. The molecule has 3 rings (SSSR count). The van der Waals surface area contributed by atoms with Crippen molar-refractivity contribution in [2.75, 3.05) is 17.7 Å². The number of anilines is 1. The first kappa shape index (κ1) is 20.2. The summed E-state index contributed by atoms with van der Waals surface area (Å²) in [6, 6.07) is 13.1. The van der Waals surface area contributed by atoms with Crippen LogP contribution in [0.15, 0.2) is 47.6 Å². The van der Waals surface area contributed by atoms with E-state index in [-0.39, 0.29) is 11.7 Å². The van der Waals surface area contributed by atoms with Crippen LogP contribution in [0.2, 0.25) is 5.02 Å². The van der Waals surface area contributed by atoms with E-state index in [9.17, 15) is 4.79 Å². The molecular weight excluding hydrogens is 396 g/mol. The summed E-state index contributed by atoms with van der Waals surface area (Å²) in [5.41, 5.74) is 2.55. The van der Waals surface area contributed by atoms with Crippen molar-refractivity contribution in [2.24, 2.45) is 0 Å². The van der Waals surface area contributed by atoms with Crippen LogP contribution in [0.3, 0.4) is 0 Å². The van der Waals surface area contributed by atoms with Crippen LogP contribution < -0.4 is 10.1 Å². The van der Waals surface area contributed by atoms with Gasteiger partial charge in [-0.15, -0.1) is 10.2 Å². The summed E-state index contributed by atoms with van der Waals surface area (Å²) in [5.74, 6) is 1.63. The first-order valence-corrected chi connectivity index (χ1v) is 10.2. The lowest BCUT2D eigenvalue weighted by atomic mass is 10.2. The molecule has 2 aromatic carbocycles. The van der Waals surface area contributed by atoms with Crippen LogP contribution >= 0.6 is 23.4 Å². The highest BCUT2D eigenvalue weighted by Crippen LogP contribution is 2.24. The van der Waals surface area contributed by atoms with Crippen LogP contribution in [0.4, 0.5) is 5.69 Å². The van der Waals surface area contributed by atoms with Gasteiger partial charge in [-0.3, -0.25) is 9.36 Å². The number of ether oxygens (including phenoxy) is 1. The molecule has 1 N–H and O–H groups in total. The standard InChI is InChI=1S/C20H21ClN4O2S/c1-4-27-17-9-7-16(8-10-17)25-14(3)23-24-20(25)28-12-19(26)22-15-6-5-13(2)18(21)11-15/h5-11H,4,12H2,1-3H3,(H,22,26). The number of benzene rings is 2. The van der Waals surface area contributed by atoms with Crippen LogP contribution in [-0.4, -0.2) is 33.0 Å². The van der Waals surface area contributed by atoms with E-state index in [1.807, 2.05) is 61.7 Å². The highest BCUT2D eigenvalue weighted by Gasteiger charge is 2.14. The minimum absolute atomic E-state index is 0.135. The zero-order chi connectivity index (χ0) is 20.1. The molecule has 0 saturated heterocycles. The highest BCUT2D eigenvalue weighted by atomic mass is 35.5. The number of nitrogens with one attached hydrogen (secondary N) is 1. The van der Waals surface area contributed by atoms with E-state index in [0.29, 0.717) is 22.5 Å². The summed E-state index contributed by atoms with van der Waals surface area (Å²) in [7, 11) is 0. The molecule has 0 spiro atoms. The van der Waals surface area contributed by atoms with Crippen molar-refractivity contribution in [3.8, 4) is 11.4 Å². The number of halogens is 1. The van der Waals surface area contributed by atoms with Crippen molar-refractivity contribution in [3.05, 3.63) is 58.9 Å². The Morgan fingerprint density at radius 2 is 1.93 bits per heavy atom. The third kappa shape index (κ3) is 4.85. The maximum absolute atomic E-state index is 12.3. The summed E-state index contributed by atoms with van der Waals surface area (Å²) in [5, 5.41) is 12.5. The minimum Gasteiger partial charge on any atom is -0.494 e. The van der Waals surface area contributed by atoms with E-state index in [0.717, 1.165) is 22.8 Å². The third-order valence-electron chi connectivity index (χ3n) is 3.99. The fourth-order valence-electron chi connectivity index (χ4n) is 2.59. The Morgan fingerprint density at radius 3 is 2.61 bits per heavy atom. The predicted octanol–water partition coefficient (Wildman–Crippen LogP) is 4.67. The van der Waals surface area contributed by atoms with Crippen molar-refractivity contribution in [1.82, 2.24) is 14.8 Å². The van der Waals surface area contributed by atoms with Crippen molar-refractivity contribution in [2.45, 2.75) is 25.9 Å². The molecule has 3 aromatic rings. The molecule has 0 bridgehead atoms. The molecule has 0 atom stereocenters. The molecule has 8 heteroatoms. The fourth-order valence-corrected chi connectivity index (χ4v) is 3.57. The van der Waals surface area contributed by atoms with Gasteiger partial charge in [0.05, 0.1) is 12.4 Å². The average molecular weight is 417 g/mol. The number of aromatic nitrogens is 3. The number of aryl methyl sites for hydroxylation is 2. The van der Waals surface area contributed by atoms with Gasteiger partial charge in [0.25, 0.3) is 0 Å². The van der Waals surface area contributed by atoms with Crippen LogP contribution in [0.25, 0.3) is 5.69 Å². The number of rotatable bonds is 7.